The number of nitrogens with zero attached hydrogens (tertiary/aromatic N) is 2. The van der Waals surface area contributed by atoms with E-state index in [9.17, 15) is 13.2 Å². The summed E-state index contributed by atoms with van der Waals surface area (Å²) in [6.07, 6.45) is -0.427. The molecule has 104 valence electrons. The Labute approximate surface area is 113 Å². The Bertz CT molecular complexity index is 580. The van der Waals surface area contributed by atoms with Gasteiger partial charge in [-0.05, 0) is 26.0 Å². The van der Waals surface area contributed by atoms with Crippen molar-refractivity contribution in [2.45, 2.75) is 31.8 Å². The molecular formula is C13H18N2O3S. The second-order valence-corrected chi connectivity index (χ2v) is 6.66. The van der Waals surface area contributed by atoms with E-state index < -0.39 is 16.2 Å². The Morgan fingerprint density at radius 1 is 1.21 bits per heavy atom. The first kappa shape index (κ1) is 14.0. The van der Waals surface area contributed by atoms with E-state index in [4.69, 9.17) is 0 Å². The number of rotatable bonds is 2. The van der Waals surface area contributed by atoms with Crippen LogP contribution < -0.4 is 0 Å². The average molecular weight is 282 g/mol. The molecule has 1 aromatic rings. The van der Waals surface area contributed by atoms with Gasteiger partial charge in [-0.15, -0.1) is 0 Å². The second kappa shape index (κ2) is 4.94. The fourth-order valence-corrected chi connectivity index (χ4v) is 3.91. The summed E-state index contributed by atoms with van der Waals surface area (Å²) in [6, 6.07) is 6.76. The first-order chi connectivity index (χ1) is 8.84. The van der Waals surface area contributed by atoms with E-state index in [1.54, 1.807) is 36.1 Å². The van der Waals surface area contributed by atoms with Gasteiger partial charge in [0.1, 0.15) is 0 Å². The van der Waals surface area contributed by atoms with Crippen molar-refractivity contribution < 1.29 is 13.2 Å². The molecule has 0 aliphatic carbocycles. The highest BCUT2D eigenvalue weighted by molar-refractivity contribution is 7.89. The first-order valence-corrected chi connectivity index (χ1v) is 7.64. The van der Waals surface area contributed by atoms with Gasteiger partial charge < -0.3 is 4.90 Å². The van der Waals surface area contributed by atoms with Gasteiger partial charge in [-0.2, -0.15) is 4.31 Å². The minimum atomic E-state index is -3.53. The van der Waals surface area contributed by atoms with E-state index in [-0.39, 0.29) is 10.8 Å². The summed E-state index contributed by atoms with van der Waals surface area (Å²) in [5, 5.41) is 0. The molecule has 1 saturated heterocycles. The smallest absolute Gasteiger partial charge is 0.244 e. The monoisotopic (exact) mass is 282 g/mol. The number of aryl methyl sites for hydroxylation is 1. The van der Waals surface area contributed by atoms with E-state index in [0.717, 1.165) is 5.56 Å². The number of carbonyl (C=O) groups is 1. The maximum Gasteiger partial charge on any atom is 0.244 e. The summed E-state index contributed by atoms with van der Waals surface area (Å²) in [4.78, 5) is 13.2. The minimum Gasteiger partial charge on any atom is -0.325 e. The summed E-state index contributed by atoms with van der Waals surface area (Å²) in [7, 11) is -3.53. The van der Waals surface area contributed by atoms with Gasteiger partial charge in [-0.1, -0.05) is 17.7 Å². The van der Waals surface area contributed by atoms with Gasteiger partial charge >= 0.3 is 0 Å². The molecule has 1 aliphatic rings. The third kappa shape index (κ3) is 2.50. The van der Waals surface area contributed by atoms with Crippen molar-refractivity contribution in [3.63, 3.8) is 0 Å². The number of amides is 1. The highest BCUT2D eigenvalue weighted by Crippen LogP contribution is 2.24. The Kier molecular flexibility index (Phi) is 3.64. The highest BCUT2D eigenvalue weighted by Gasteiger charge is 2.38. The molecule has 19 heavy (non-hydrogen) atoms. The van der Waals surface area contributed by atoms with E-state index in [1.807, 2.05) is 6.92 Å². The zero-order valence-corrected chi connectivity index (χ0v) is 12.1. The summed E-state index contributed by atoms with van der Waals surface area (Å²) in [5.41, 5.74) is 1.01. The third-order valence-corrected chi connectivity index (χ3v) is 5.43. The quantitative estimate of drug-likeness (QED) is 0.819. The Morgan fingerprint density at radius 3 is 2.26 bits per heavy atom. The SMILES string of the molecule is CC(=O)N1CCN(S(=O)(=O)c2ccc(C)cc2)[C@@H]1C. The number of benzene rings is 1. The first-order valence-electron chi connectivity index (χ1n) is 6.20. The standard InChI is InChI=1S/C13H18N2O3S/c1-10-4-6-13(7-5-10)19(17,18)15-9-8-14(11(15)2)12(3)16/h4-7,11H,8-9H2,1-3H3/t11-/m1/s1. The van der Waals surface area contributed by atoms with Crippen molar-refractivity contribution in [1.82, 2.24) is 9.21 Å². The van der Waals surface area contributed by atoms with Crippen LogP contribution in [0.1, 0.15) is 19.4 Å². The number of hydrogen-bond acceptors (Lipinski definition) is 3. The van der Waals surface area contributed by atoms with Crippen LogP contribution in [0, 0.1) is 6.92 Å². The molecule has 0 spiro atoms. The van der Waals surface area contributed by atoms with Crippen LogP contribution in [-0.4, -0.2) is 42.8 Å². The Hall–Kier alpha value is -1.40. The molecule has 0 saturated carbocycles. The van der Waals surface area contributed by atoms with Crippen molar-refractivity contribution in [1.29, 1.82) is 0 Å². The van der Waals surface area contributed by atoms with Gasteiger partial charge in [0.05, 0.1) is 11.1 Å². The van der Waals surface area contributed by atoms with Crippen LogP contribution in [0.15, 0.2) is 29.2 Å². The van der Waals surface area contributed by atoms with Gasteiger partial charge in [0.2, 0.25) is 15.9 Å². The van der Waals surface area contributed by atoms with Crippen LogP contribution >= 0.6 is 0 Å². The number of carbonyl (C=O) groups excluding carboxylic acids is 1. The molecule has 0 bridgehead atoms. The van der Waals surface area contributed by atoms with Gasteiger partial charge in [-0.25, -0.2) is 8.42 Å². The maximum absolute atomic E-state index is 12.5. The normalized spacial score (nSPS) is 20.8. The van der Waals surface area contributed by atoms with Gasteiger partial charge in [0.25, 0.3) is 0 Å². The van der Waals surface area contributed by atoms with Crippen molar-refractivity contribution in [3.8, 4) is 0 Å². The summed E-state index contributed by atoms with van der Waals surface area (Å²) < 4.78 is 26.4. The Morgan fingerprint density at radius 2 is 1.79 bits per heavy atom. The van der Waals surface area contributed by atoms with E-state index in [2.05, 4.69) is 0 Å². The second-order valence-electron chi connectivity index (χ2n) is 4.77. The zero-order valence-electron chi connectivity index (χ0n) is 11.3. The molecule has 6 heteroatoms. The number of hydrogen-bond donors (Lipinski definition) is 0. The molecule has 0 radical (unpaired) electrons. The zero-order chi connectivity index (χ0) is 14.2. The molecule has 1 atom stereocenters. The molecule has 1 aromatic carbocycles. The predicted octanol–water partition coefficient (Wildman–Crippen LogP) is 1.19. The lowest BCUT2D eigenvalue weighted by atomic mass is 10.2. The molecular weight excluding hydrogens is 264 g/mol. The molecule has 1 heterocycles. The van der Waals surface area contributed by atoms with Crippen LogP contribution in [0.3, 0.4) is 0 Å². The van der Waals surface area contributed by atoms with Crippen molar-refractivity contribution >= 4 is 15.9 Å². The van der Waals surface area contributed by atoms with E-state index >= 15 is 0 Å². The maximum atomic E-state index is 12.5. The summed E-state index contributed by atoms with van der Waals surface area (Å²) in [6.45, 7) is 5.89. The van der Waals surface area contributed by atoms with Crippen molar-refractivity contribution in [2.75, 3.05) is 13.1 Å². The van der Waals surface area contributed by atoms with Crippen LogP contribution in [0.4, 0.5) is 0 Å². The highest BCUT2D eigenvalue weighted by atomic mass is 32.2. The van der Waals surface area contributed by atoms with Crippen LogP contribution in [0.2, 0.25) is 0 Å². The van der Waals surface area contributed by atoms with E-state index in [1.165, 1.54) is 11.2 Å². The minimum absolute atomic E-state index is 0.103. The molecule has 0 unspecified atom stereocenters. The molecule has 2 rings (SSSR count). The largest absolute Gasteiger partial charge is 0.325 e. The topological polar surface area (TPSA) is 57.7 Å². The van der Waals surface area contributed by atoms with Crippen LogP contribution in [-0.2, 0) is 14.8 Å². The molecule has 0 N–H and O–H groups in total. The van der Waals surface area contributed by atoms with Gasteiger partial charge in [-0.3, -0.25) is 4.79 Å². The van der Waals surface area contributed by atoms with Crippen LogP contribution in [0.5, 0.6) is 0 Å². The van der Waals surface area contributed by atoms with Crippen molar-refractivity contribution in [2.24, 2.45) is 0 Å². The van der Waals surface area contributed by atoms with Crippen LogP contribution in [0.25, 0.3) is 0 Å². The third-order valence-electron chi connectivity index (χ3n) is 3.46. The molecule has 1 aliphatic heterocycles. The predicted molar refractivity (Wildman–Crippen MR) is 71.9 cm³/mol. The lowest BCUT2D eigenvalue weighted by Gasteiger charge is -2.25. The summed E-state index contributed by atoms with van der Waals surface area (Å²) in [5.74, 6) is -0.103. The lowest BCUT2D eigenvalue weighted by molar-refractivity contribution is -0.130. The average Bonchev–Trinajstić information content (AvgIpc) is 2.72. The number of sulfonamides is 1. The van der Waals surface area contributed by atoms with Crippen molar-refractivity contribution in [3.05, 3.63) is 29.8 Å². The fraction of sp³-hybridized carbons (Fsp3) is 0.462. The fourth-order valence-electron chi connectivity index (χ4n) is 2.32. The van der Waals surface area contributed by atoms with Gasteiger partial charge in [0.15, 0.2) is 0 Å². The molecule has 0 aromatic heterocycles. The molecule has 1 fully saturated rings. The molecule has 1 amide bonds. The van der Waals surface area contributed by atoms with Gasteiger partial charge in [0, 0.05) is 20.0 Å². The summed E-state index contributed by atoms with van der Waals surface area (Å²) >= 11 is 0. The lowest BCUT2D eigenvalue weighted by Crippen LogP contribution is -2.41. The molecule has 5 nitrogen and oxygen atoms in total. The van der Waals surface area contributed by atoms with E-state index in [0.29, 0.717) is 13.1 Å². The Balaban J connectivity index is 2.31.